The number of hydrogen-bond acceptors (Lipinski definition) is 7. The Labute approximate surface area is 314 Å². The minimum atomic E-state index is -4.13. The van der Waals surface area contributed by atoms with E-state index in [0.717, 1.165) is 38.5 Å². The van der Waals surface area contributed by atoms with E-state index in [1.54, 1.807) is 0 Å². The second kappa shape index (κ2) is 38.0. The number of rotatable bonds is 34. The molecule has 3 N–H and O–H groups in total. The molecule has 0 amide bonds. The Balaban J connectivity index is -0.000000807. The van der Waals surface area contributed by atoms with E-state index in [1.165, 1.54) is 128 Å². The maximum absolute atomic E-state index is 10.6. The monoisotopic (exact) mass is 722 g/mol. The minimum absolute atomic E-state index is 0. The van der Waals surface area contributed by atoms with Gasteiger partial charge in [0.25, 0.3) is 10.1 Å². The van der Waals surface area contributed by atoms with Crippen molar-refractivity contribution in [3.63, 3.8) is 0 Å². The first-order valence-electron chi connectivity index (χ1n) is 19.2. The molecule has 280 valence electrons. The van der Waals surface area contributed by atoms with Crippen LogP contribution in [0.4, 0.5) is 0 Å². The van der Waals surface area contributed by atoms with E-state index >= 15 is 0 Å². The van der Waals surface area contributed by atoms with Crippen LogP contribution in [0, 0.1) is 0 Å². The van der Waals surface area contributed by atoms with Crippen molar-refractivity contribution in [1.82, 2.24) is 0 Å². The summed E-state index contributed by atoms with van der Waals surface area (Å²) in [5, 5.41) is 19.4. The van der Waals surface area contributed by atoms with Gasteiger partial charge in [0.05, 0.1) is 28.1 Å². The van der Waals surface area contributed by atoms with Crippen LogP contribution in [-0.4, -0.2) is 59.9 Å². The third-order valence-electron chi connectivity index (χ3n) is 8.65. The van der Waals surface area contributed by atoms with Crippen LogP contribution in [0.3, 0.4) is 0 Å². The topological polar surface area (TPSA) is 152 Å². The van der Waals surface area contributed by atoms with Crippen molar-refractivity contribution >= 4 is 20.2 Å². The molecule has 0 radical (unpaired) electrons. The fraction of sp³-hybridized carbons (Fsp3) is 1.00. The number of aliphatic hydroxyl groups is 2. The summed E-state index contributed by atoms with van der Waals surface area (Å²) >= 11 is 0. The van der Waals surface area contributed by atoms with Gasteiger partial charge in [0, 0.05) is 5.75 Å². The zero-order valence-corrected chi connectivity index (χ0v) is 34.6. The van der Waals surface area contributed by atoms with Gasteiger partial charge in [-0.2, -0.15) is 8.42 Å². The van der Waals surface area contributed by atoms with E-state index in [0.29, 0.717) is 19.3 Å². The summed E-state index contributed by atoms with van der Waals surface area (Å²) in [5.41, 5.74) is 0. The van der Waals surface area contributed by atoms with Gasteiger partial charge < -0.3 is 14.8 Å². The van der Waals surface area contributed by atoms with Gasteiger partial charge in [0.1, 0.15) is 0 Å². The largest absolute Gasteiger partial charge is 1.00 e. The predicted molar refractivity (Wildman–Crippen MR) is 193 cm³/mol. The number of aliphatic hydroxyl groups excluding tert-OH is 2. The molecule has 0 aromatic heterocycles. The van der Waals surface area contributed by atoms with Crippen molar-refractivity contribution < 1.29 is 65.7 Å². The number of unbranched alkanes of at least 4 members (excludes halogenated alkanes) is 22. The Bertz CT molecular complexity index is 757. The molecule has 0 heterocycles. The number of hydrogen-bond donors (Lipinski definition) is 3. The molecule has 0 rings (SSSR count). The summed E-state index contributed by atoms with van der Waals surface area (Å²) in [4.78, 5) is 0. The van der Waals surface area contributed by atoms with Gasteiger partial charge in [-0.25, -0.2) is 8.42 Å². The third kappa shape index (κ3) is 51.2. The zero-order valence-electron chi connectivity index (χ0n) is 31.0. The molecule has 47 heavy (non-hydrogen) atoms. The molecule has 0 spiro atoms. The van der Waals surface area contributed by atoms with Gasteiger partial charge in [-0.15, -0.1) is 0 Å². The molecule has 2 atom stereocenters. The van der Waals surface area contributed by atoms with Crippen LogP contribution in [0.25, 0.3) is 0 Å². The molecule has 0 aromatic rings. The van der Waals surface area contributed by atoms with E-state index in [9.17, 15) is 31.6 Å². The van der Waals surface area contributed by atoms with Gasteiger partial charge >= 0.3 is 29.6 Å². The molecule has 0 aliphatic heterocycles. The van der Waals surface area contributed by atoms with E-state index in [-0.39, 0.29) is 47.5 Å². The Hall–Kier alpha value is 0.740. The molecule has 0 aliphatic rings. The molecule has 0 bridgehead atoms. The van der Waals surface area contributed by atoms with Crippen molar-refractivity contribution in [3.8, 4) is 0 Å². The third-order valence-corrected chi connectivity index (χ3v) is 10.2. The Morgan fingerprint density at radius 2 is 0.660 bits per heavy atom. The van der Waals surface area contributed by atoms with E-state index in [1.807, 2.05) is 0 Å². The van der Waals surface area contributed by atoms with Gasteiger partial charge in [0.15, 0.2) is 0 Å². The van der Waals surface area contributed by atoms with Gasteiger partial charge in [-0.1, -0.05) is 168 Å². The second-order valence-electron chi connectivity index (χ2n) is 13.5. The van der Waals surface area contributed by atoms with Gasteiger partial charge in [0.2, 0.25) is 0 Å². The van der Waals surface area contributed by atoms with Crippen molar-refractivity contribution in [2.45, 2.75) is 219 Å². The fourth-order valence-electron chi connectivity index (χ4n) is 5.73. The molecular formula is C36H75NaO8S2. The van der Waals surface area contributed by atoms with Crippen molar-refractivity contribution in [2.75, 3.05) is 11.5 Å². The molecule has 2 unspecified atom stereocenters. The summed E-state index contributed by atoms with van der Waals surface area (Å²) in [6.45, 7) is 4.49. The molecule has 11 heteroatoms. The normalized spacial score (nSPS) is 13.1. The average Bonchev–Trinajstić information content (AvgIpc) is 2.97. The van der Waals surface area contributed by atoms with Crippen LogP contribution in [0.15, 0.2) is 0 Å². The second-order valence-corrected chi connectivity index (χ2v) is 16.6. The van der Waals surface area contributed by atoms with Crippen molar-refractivity contribution in [2.24, 2.45) is 0 Å². The fourth-order valence-corrected chi connectivity index (χ4v) is 6.78. The van der Waals surface area contributed by atoms with Gasteiger partial charge in [-0.05, 0) is 38.5 Å². The Kier molecular flexibility index (Phi) is 42.1. The molecular weight excluding hydrogens is 648 g/mol. The molecule has 0 aromatic carbocycles. The minimum Gasteiger partial charge on any atom is -0.748 e. The average molecular weight is 723 g/mol. The summed E-state index contributed by atoms with van der Waals surface area (Å²) in [5.74, 6) is -0.606. The van der Waals surface area contributed by atoms with Crippen LogP contribution in [-0.2, 0) is 20.2 Å². The quantitative estimate of drug-likeness (QED) is 0.0370. The molecule has 8 nitrogen and oxygen atoms in total. The Morgan fingerprint density at radius 1 is 0.426 bits per heavy atom. The van der Waals surface area contributed by atoms with E-state index in [4.69, 9.17) is 4.55 Å². The molecule has 0 saturated carbocycles. The van der Waals surface area contributed by atoms with E-state index < -0.39 is 32.4 Å². The summed E-state index contributed by atoms with van der Waals surface area (Å²) in [7, 11) is -8.01. The van der Waals surface area contributed by atoms with Crippen LogP contribution in [0.5, 0.6) is 0 Å². The predicted octanol–water partition coefficient (Wildman–Crippen LogP) is 6.87. The summed E-state index contributed by atoms with van der Waals surface area (Å²) < 4.78 is 61.1. The van der Waals surface area contributed by atoms with Crippen LogP contribution in [0.2, 0.25) is 0 Å². The first-order valence-corrected chi connectivity index (χ1v) is 22.3. The standard InChI is InChI=1S/2C18H38O4S.Na/c2*1-2-3-4-5-6-7-8-9-10-11-12-13-15-18(19)16-14-17-23(20,21)22;/h2*18-19H,2-17H2,1H3,(H,20,21,22);/q;;+1/p-1. The van der Waals surface area contributed by atoms with Crippen LogP contribution < -0.4 is 29.6 Å². The van der Waals surface area contributed by atoms with Gasteiger partial charge in [-0.3, -0.25) is 4.55 Å². The first kappa shape index (κ1) is 52.1. The summed E-state index contributed by atoms with van der Waals surface area (Å²) in [6.07, 6.45) is 33.1. The Morgan fingerprint density at radius 3 is 0.915 bits per heavy atom. The zero-order chi connectivity index (χ0) is 34.8. The van der Waals surface area contributed by atoms with Crippen molar-refractivity contribution in [3.05, 3.63) is 0 Å². The first-order chi connectivity index (χ1) is 21.9. The molecule has 0 fully saturated rings. The summed E-state index contributed by atoms with van der Waals surface area (Å²) in [6, 6.07) is 0. The maximum atomic E-state index is 10.6. The van der Waals surface area contributed by atoms with E-state index in [2.05, 4.69) is 13.8 Å². The molecule has 0 saturated heterocycles. The maximum Gasteiger partial charge on any atom is 1.00 e. The SMILES string of the molecule is CCCCCCCCCCCCCCC(O)CCCS(=O)(=O)O.CCCCCCCCCCCCCCC(O)CCCS(=O)(=O)[O-].[Na+]. The van der Waals surface area contributed by atoms with Crippen LogP contribution in [0.1, 0.15) is 206 Å². The molecule has 0 aliphatic carbocycles. The van der Waals surface area contributed by atoms with Crippen LogP contribution >= 0.6 is 0 Å². The van der Waals surface area contributed by atoms with Crippen molar-refractivity contribution in [1.29, 1.82) is 0 Å². The smallest absolute Gasteiger partial charge is 0.748 e.